The summed E-state index contributed by atoms with van der Waals surface area (Å²) in [6.07, 6.45) is 0.630. The van der Waals surface area contributed by atoms with Crippen LogP contribution in [-0.2, 0) is 4.74 Å². The van der Waals surface area contributed by atoms with Gasteiger partial charge < -0.3 is 4.74 Å². The predicted octanol–water partition coefficient (Wildman–Crippen LogP) is 2.82. The Morgan fingerprint density at radius 3 is 2.71 bits per heavy atom. The average molecular weight is 201 g/mol. The Morgan fingerprint density at radius 1 is 1.43 bits per heavy atom. The van der Waals surface area contributed by atoms with Crippen molar-refractivity contribution < 1.29 is 17.9 Å². The molecule has 0 atom stereocenters. The summed E-state index contributed by atoms with van der Waals surface area (Å²) in [6, 6.07) is 1.83. The third-order valence-corrected chi connectivity index (χ3v) is 1.46. The minimum Gasteiger partial charge on any atom is -0.410 e. The molecule has 0 unspecified atom stereocenters. The number of hydrogen-bond donors (Lipinski definition) is 0. The molecule has 1 aliphatic carbocycles. The van der Waals surface area contributed by atoms with Crippen molar-refractivity contribution in [1.82, 2.24) is 0 Å². The van der Waals surface area contributed by atoms with Gasteiger partial charge in [0, 0.05) is 12.0 Å². The molecule has 0 aromatic rings. The van der Waals surface area contributed by atoms with Crippen molar-refractivity contribution >= 4 is 0 Å². The SMILES string of the molecule is N#CC1=CCC(OC(F)(F)F)=CC=C1. The summed E-state index contributed by atoms with van der Waals surface area (Å²) in [5, 5.41) is 8.48. The molecule has 0 aromatic heterocycles. The maximum atomic E-state index is 11.8. The lowest BCUT2D eigenvalue weighted by Gasteiger charge is -2.09. The van der Waals surface area contributed by atoms with Gasteiger partial charge >= 0.3 is 6.36 Å². The predicted molar refractivity (Wildman–Crippen MR) is 42.7 cm³/mol. The number of rotatable bonds is 1. The van der Waals surface area contributed by atoms with Gasteiger partial charge in [-0.1, -0.05) is 12.2 Å². The molecule has 0 N–H and O–H groups in total. The fourth-order valence-corrected chi connectivity index (χ4v) is 0.913. The first-order valence-electron chi connectivity index (χ1n) is 3.74. The van der Waals surface area contributed by atoms with Crippen molar-refractivity contribution in [3.05, 3.63) is 35.6 Å². The minimum absolute atomic E-state index is 0.0323. The Bertz CT molecular complexity index is 344. The number of nitriles is 1. The van der Waals surface area contributed by atoms with E-state index in [1.165, 1.54) is 24.3 Å². The van der Waals surface area contributed by atoms with Crippen LogP contribution >= 0.6 is 0 Å². The van der Waals surface area contributed by atoms with Crippen LogP contribution in [0.2, 0.25) is 0 Å². The van der Waals surface area contributed by atoms with Gasteiger partial charge in [0.2, 0.25) is 0 Å². The minimum atomic E-state index is -4.68. The van der Waals surface area contributed by atoms with E-state index in [2.05, 4.69) is 4.74 Å². The lowest BCUT2D eigenvalue weighted by Crippen LogP contribution is -2.12. The van der Waals surface area contributed by atoms with E-state index >= 15 is 0 Å². The summed E-state index contributed by atoms with van der Waals surface area (Å²) >= 11 is 0. The van der Waals surface area contributed by atoms with Crippen LogP contribution in [0.1, 0.15) is 6.42 Å². The number of alkyl halides is 3. The van der Waals surface area contributed by atoms with E-state index in [-0.39, 0.29) is 12.2 Å². The molecule has 74 valence electrons. The molecule has 0 saturated heterocycles. The first kappa shape index (κ1) is 10.4. The number of halogens is 3. The lowest BCUT2D eigenvalue weighted by molar-refractivity contribution is -0.305. The first-order chi connectivity index (χ1) is 6.51. The normalized spacial score (nSPS) is 16.4. The molecule has 5 heteroatoms. The molecule has 14 heavy (non-hydrogen) atoms. The highest BCUT2D eigenvalue weighted by Crippen LogP contribution is 2.24. The van der Waals surface area contributed by atoms with Gasteiger partial charge in [0.15, 0.2) is 0 Å². The molecule has 0 saturated carbocycles. The van der Waals surface area contributed by atoms with Crippen molar-refractivity contribution in [2.75, 3.05) is 0 Å². The van der Waals surface area contributed by atoms with E-state index in [9.17, 15) is 13.2 Å². The van der Waals surface area contributed by atoms with Crippen molar-refractivity contribution in [1.29, 1.82) is 5.26 Å². The molecule has 1 rings (SSSR count). The number of hydrogen-bond acceptors (Lipinski definition) is 2. The topological polar surface area (TPSA) is 33.0 Å². The number of nitrogens with zero attached hydrogens (tertiary/aromatic N) is 1. The van der Waals surface area contributed by atoms with Gasteiger partial charge in [-0.25, -0.2) is 0 Å². The van der Waals surface area contributed by atoms with Crippen molar-refractivity contribution in [3.63, 3.8) is 0 Å². The lowest BCUT2D eigenvalue weighted by atomic mass is 10.2. The zero-order chi connectivity index (χ0) is 10.6. The monoisotopic (exact) mass is 201 g/mol. The summed E-state index contributed by atoms with van der Waals surface area (Å²) < 4.78 is 39.0. The van der Waals surface area contributed by atoms with E-state index in [0.717, 1.165) is 0 Å². The van der Waals surface area contributed by atoms with Crippen LogP contribution in [0.15, 0.2) is 35.6 Å². The highest BCUT2D eigenvalue weighted by molar-refractivity contribution is 5.37. The van der Waals surface area contributed by atoms with Crippen molar-refractivity contribution in [2.45, 2.75) is 12.8 Å². The van der Waals surface area contributed by atoms with Crippen molar-refractivity contribution in [2.24, 2.45) is 0 Å². The summed E-state index contributed by atoms with van der Waals surface area (Å²) in [5.41, 5.74) is 0.321. The maximum Gasteiger partial charge on any atom is 0.572 e. The maximum absolute atomic E-state index is 11.8. The average Bonchev–Trinajstić information content (AvgIpc) is 2.27. The fraction of sp³-hybridized carbons (Fsp3) is 0.222. The van der Waals surface area contributed by atoms with Crippen molar-refractivity contribution in [3.8, 4) is 6.07 Å². The Kier molecular flexibility index (Phi) is 2.97. The van der Waals surface area contributed by atoms with Gasteiger partial charge in [-0.3, -0.25) is 0 Å². The molecule has 0 radical (unpaired) electrons. The largest absolute Gasteiger partial charge is 0.572 e. The van der Waals surface area contributed by atoms with Gasteiger partial charge in [-0.15, -0.1) is 13.2 Å². The second-order valence-corrected chi connectivity index (χ2v) is 2.52. The summed E-state index contributed by atoms with van der Waals surface area (Å²) in [7, 11) is 0. The van der Waals surface area contributed by atoms with Crippen LogP contribution < -0.4 is 0 Å². The Labute approximate surface area is 78.6 Å². The van der Waals surface area contributed by atoms with Crippen LogP contribution in [0.25, 0.3) is 0 Å². The Hall–Kier alpha value is -1.70. The second-order valence-electron chi connectivity index (χ2n) is 2.52. The molecule has 0 amide bonds. The highest BCUT2D eigenvalue weighted by atomic mass is 19.4. The fourth-order valence-electron chi connectivity index (χ4n) is 0.913. The van der Waals surface area contributed by atoms with Gasteiger partial charge in [0.1, 0.15) is 5.76 Å². The molecule has 2 nitrogen and oxygen atoms in total. The summed E-state index contributed by atoms with van der Waals surface area (Å²) in [6.45, 7) is 0. The Morgan fingerprint density at radius 2 is 2.14 bits per heavy atom. The standard InChI is InChI=1S/C9H6F3NO/c10-9(11,12)14-8-3-1-2-7(6-13)4-5-8/h1-4H,5H2. The van der Waals surface area contributed by atoms with E-state index in [0.29, 0.717) is 5.57 Å². The quantitative estimate of drug-likeness (QED) is 0.653. The third kappa shape index (κ3) is 3.35. The van der Waals surface area contributed by atoms with Crippen LogP contribution in [0.4, 0.5) is 13.2 Å². The Balaban J connectivity index is 2.69. The van der Waals surface area contributed by atoms with E-state index < -0.39 is 6.36 Å². The molecular formula is C9H6F3NO. The van der Waals surface area contributed by atoms with E-state index in [1.54, 1.807) is 0 Å². The molecule has 0 aromatic carbocycles. The molecular weight excluding hydrogens is 195 g/mol. The molecule has 0 spiro atoms. The highest BCUT2D eigenvalue weighted by Gasteiger charge is 2.31. The van der Waals surface area contributed by atoms with Crippen LogP contribution in [-0.4, -0.2) is 6.36 Å². The van der Waals surface area contributed by atoms with Gasteiger partial charge in [-0.2, -0.15) is 5.26 Å². The van der Waals surface area contributed by atoms with Gasteiger partial charge in [0.05, 0.1) is 6.07 Å². The zero-order valence-electron chi connectivity index (χ0n) is 7.01. The molecule has 0 bridgehead atoms. The van der Waals surface area contributed by atoms with Crippen LogP contribution in [0, 0.1) is 11.3 Å². The summed E-state index contributed by atoms with van der Waals surface area (Å²) in [4.78, 5) is 0. The number of ether oxygens (including phenoxy) is 1. The number of allylic oxidation sites excluding steroid dienone is 5. The van der Waals surface area contributed by atoms with Gasteiger partial charge in [0.25, 0.3) is 0 Å². The second kappa shape index (κ2) is 4.01. The van der Waals surface area contributed by atoms with Crippen LogP contribution in [0.5, 0.6) is 0 Å². The third-order valence-electron chi connectivity index (χ3n) is 1.46. The molecule has 0 fully saturated rings. The van der Waals surface area contributed by atoms with Crippen LogP contribution in [0.3, 0.4) is 0 Å². The summed E-state index contributed by atoms with van der Waals surface area (Å²) in [5.74, 6) is -0.223. The van der Waals surface area contributed by atoms with E-state index in [1.807, 2.05) is 6.07 Å². The first-order valence-corrected chi connectivity index (χ1v) is 3.74. The molecule has 0 aliphatic heterocycles. The smallest absolute Gasteiger partial charge is 0.410 e. The van der Waals surface area contributed by atoms with E-state index in [4.69, 9.17) is 5.26 Å². The zero-order valence-corrected chi connectivity index (χ0v) is 7.01. The molecule has 0 heterocycles. The van der Waals surface area contributed by atoms with Gasteiger partial charge in [-0.05, 0) is 12.2 Å². The molecule has 1 aliphatic rings.